The van der Waals surface area contributed by atoms with Crippen LogP contribution in [0, 0.1) is 22.7 Å². The van der Waals surface area contributed by atoms with Crippen molar-refractivity contribution in [3.8, 4) is 0 Å². The molecule has 0 saturated carbocycles. The van der Waals surface area contributed by atoms with Gasteiger partial charge in [0.15, 0.2) is 0 Å². The Kier molecular flexibility index (Phi) is 10.3. The highest BCUT2D eigenvalue weighted by Gasteiger charge is 2.78. The first kappa shape index (κ1) is 36.4. The predicted octanol–water partition coefficient (Wildman–Crippen LogP) is 6.94. The molecular formula is C22H32F12N2O2. The van der Waals surface area contributed by atoms with Gasteiger partial charge in [-0.1, -0.05) is 55.4 Å². The molecule has 226 valence electrons. The van der Waals surface area contributed by atoms with Crippen LogP contribution < -0.4 is 0 Å². The van der Waals surface area contributed by atoms with E-state index in [2.05, 4.69) is 9.98 Å². The maximum Gasteiger partial charge on any atom is 0.427 e. The molecule has 0 radical (unpaired) electrons. The summed E-state index contributed by atoms with van der Waals surface area (Å²) in [6, 6.07) is 0. The second kappa shape index (κ2) is 10.8. The zero-order valence-electron chi connectivity index (χ0n) is 21.9. The topological polar surface area (TPSA) is 65.2 Å². The molecule has 0 aliphatic carbocycles. The van der Waals surface area contributed by atoms with Crippen LogP contribution in [0.15, 0.2) is 9.98 Å². The second-order valence-electron chi connectivity index (χ2n) is 10.5. The molecule has 0 aliphatic heterocycles. The lowest BCUT2D eigenvalue weighted by molar-refractivity contribution is -0.391. The van der Waals surface area contributed by atoms with Gasteiger partial charge in [0.05, 0.1) is 13.1 Å². The average molecular weight is 584 g/mol. The summed E-state index contributed by atoms with van der Waals surface area (Å²) < 4.78 is 162. The van der Waals surface area contributed by atoms with Crippen LogP contribution >= 0.6 is 0 Å². The van der Waals surface area contributed by atoms with E-state index in [1.54, 1.807) is 0 Å². The van der Waals surface area contributed by atoms with E-state index in [9.17, 15) is 62.9 Å². The van der Waals surface area contributed by atoms with Crippen LogP contribution in [0.3, 0.4) is 0 Å². The third-order valence-electron chi connectivity index (χ3n) is 6.49. The highest BCUT2D eigenvalue weighted by Crippen LogP contribution is 2.55. The number of alkyl halides is 12. The third kappa shape index (κ3) is 6.09. The first-order valence-corrected chi connectivity index (χ1v) is 11.2. The molecule has 0 saturated heterocycles. The Hall–Kier alpha value is -1.58. The molecule has 0 aromatic heterocycles. The molecule has 0 fully saturated rings. The zero-order chi connectivity index (χ0) is 31.1. The maximum atomic E-state index is 13.5. The summed E-state index contributed by atoms with van der Waals surface area (Å²) in [7, 11) is 0. The van der Waals surface area contributed by atoms with Crippen LogP contribution in [0.2, 0.25) is 0 Å². The van der Waals surface area contributed by atoms with Gasteiger partial charge in [0.2, 0.25) is 0 Å². The number of hydrogen-bond acceptors (Lipinski definition) is 4. The summed E-state index contributed by atoms with van der Waals surface area (Å²) in [5.74, 6) is -2.21. The summed E-state index contributed by atoms with van der Waals surface area (Å²) >= 11 is 0. The van der Waals surface area contributed by atoms with Gasteiger partial charge in [-0.2, -0.15) is 52.7 Å². The first-order chi connectivity index (χ1) is 16.4. The van der Waals surface area contributed by atoms with Crippen molar-refractivity contribution in [2.45, 2.75) is 91.3 Å². The van der Waals surface area contributed by atoms with E-state index in [0.29, 0.717) is 27.7 Å². The van der Waals surface area contributed by atoms with Crippen LogP contribution in [-0.4, -0.2) is 70.6 Å². The maximum absolute atomic E-state index is 13.5. The molecule has 0 atom stereocenters. The lowest BCUT2D eigenvalue weighted by Crippen LogP contribution is -2.68. The molecule has 0 heterocycles. The monoisotopic (exact) mass is 584 g/mol. The van der Waals surface area contributed by atoms with Crippen molar-refractivity contribution >= 4 is 11.4 Å². The van der Waals surface area contributed by atoms with E-state index in [-0.39, 0.29) is 0 Å². The van der Waals surface area contributed by atoms with E-state index in [1.807, 2.05) is 0 Å². The fourth-order valence-electron chi connectivity index (χ4n) is 4.65. The molecule has 0 aromatic carbocycles. The number of rotatable bonds is 9. The Morgan fingerprint density at radius 2 is 0.684 bits per heavy atom. The fourth-order valence-corrected chi connectivity index (χ4v) is 4.65. The Balaban J connectivity index is 6.69. The minimum Gasteiger partial charge on any atom is -0.373 e. The van der Waals surface area contributed by atoms with Crippen LogP contribution in [0.1, 0.15) is 55.4 Å². The summed E-state index contributed by atoms with van der Waals surface area (Å²) in [5.41, 5.74) is -18.2. The molecular weight excluding hydrogens is 552 g/mol. The molecule has 0 aromatic rings. The van der Waals surface area contributed by atoms with Gasteiger partial charge in [0.25, 0.3) is 11.2 Å². The van der Waals surface area contributed by atoms with Crippen molar-refractivity contribution < 1.29 is 62.9 Å². The molecule has 0 aliphatic rings. The molecule has 4 nitrogen and oxygen atoms in total. The molecule has 16 heteroatoms. The van der Waals surface area contributed by atoms with E-state index in [1.165, 1.54) is 27.7 Å². The normalized spacial score (nSPS) is 16.6. The van der Waals surface area contributed by atoms with Crippen molar-refractivity contribution in [3.63, 3.8) is 0 Å². The standard InChI is InChI=1S/C22H32F12N2O2/c1-11(2)13(15(5,6)17(37,19(23,24)25)20(26,27)28)35-9-10-36-14(12(3)4)16(7,8)18(38,21(29,30)31)22(32,33)34/h11-12,37-38H,9-10H2,1-8H3. The van der Waals surface area contributed by atoms with E-state index in [0.717, 1.165) is 0 Å². The van der Waals surface area contributed by atoms with Crippen molar-refractivity contribution in [2.24, 2.45) is 32.7 Å². The van der Waals surface area contributed by atoms with Gasteiger partial charge >= 0.3 is 24.7 Å². The Labute approximate surface area is 212 Å². The SMILES string of the molecule is CC(C)C(=NCCN=C(C(C)C)C(C)(C)C(O)(C(F)(F)F)C(F)(F)F)C(C)(C)C(O)(C(F)(F)F)C(F)(F)F. The molecule has 38 heavy (non-hydrogen) atoms. The highest BCUT2D eigenvalue weighted by atomic mass is 19.4. The predicted molar refractivity (Wildman–Crippen MR) is 116 cm³/mol. The summed E-state index contributed by atoms with van der Waals surface area (Å²) in [6.07, 6.45) is -24.7. The largest absolute Gasteiger partial charge is 0.427 e. The third-order valence-corrected chi connectivity index (χ3v) is 6.49. The van der Waals surface area contributed by atoms with Crippen molar-refractivity contribution in [1.29, 1.82) is 0 Å². The van der Waals surface area contributed by atoms with Crippen molar-refractivity contribution in [2.75, 3.05) is 13.1 Å². The number of aliphatic imine (C=N–C) groups is 2. The van der Waals surface area contributed by atoms with E-state index in [4.69, 9.17) is 0 Å². The molecule has 0 unspecified atom stereocenters. The Morgan fingerprint density at radius 1 is 0.500 bits per heavy atom. The van der Waals surface area contributed by atoms with Crippen molar-refractivity contribution in [3.05, 3.63) is 0 Å². The van der Waals surface area contributed by atoms with Crippen LogP contribution in [0.4, 0.5) is 52.7 Å². The van der Waals surface area contributed by atoms with Crippen LogP contribution in [0.25, 0.3) is 0 Å². The van der Waals surface area contributed by atoms with E-state index < -0.39 is 83.1 Å². The molecule has 0 rings (SSSR count). The lowest BCUT2D eigenvalue weighted by Gasteiger charge is -2.46. The van der Waals surface area contributed by atoms with Gasteiger partial charge in [-0.15, -0.1) is 0 Å². The Bertz CT molecular complexity index is 777. The van der Waals surface area contributed by atoms with Gasteiger partial charge in [0, 0.05) is 22.3 Å². The van der Waals surface area contributed by atoms with Gasteiger partial charge < -0.3 is 10.2 Å². The van der Waals surface area contributed by atoms with Gasteiger partial charge in [0.1, 0.15) is 0 Å². The number of halogens is 12. The fraction of sp³-hybridized carbons (Fsp3) is 0.909. The first-order valence-electron chi connectivity index (χ1n) is 11.2. The van der Waals surface area contributed by atoms with Gasteiger partial charge in [-0.3, -0.25) is 9.98 Å². The number of nitrogens with zero attached hydrogens (tertiary/aromatic N) is 2. The van der Waals surface area contributed by atoms with Crippen LogP contribution in [0.5, 0.6) is 0 Å². The molecule has 2 N–H and O–H groups in total. The smallest absolute Gasteiger partial charge is 0.373 e. The summed E-state index contributed by atoms with van der Waals surface area (Å²) in [4.78, 5) is 7.41. The van der Waals surface area contributed by atoms with Gasteiger partial charge in [-0.25, -0.2) is 0 Å². The molecule has 0 amide bonds. The van der Waals surface area contributed by atoms with Gasteiger partial charge in [-0.05, 0) is 11.8 Å². The zero-order valence-corrected chi connectivity index (χ0v) is 21.9. The average Bonchev–Trinajstić information content (AvgIpc) is 2.64. The molecule has 0 spiro atoms. The number of aliphatic hydroxyl groups is 2. The second-order valence-corrected chi connectivity index (χ2v) is 10.5. The summed E-state index contributed by atoms with van der Waals surface area (Å²) in [5, 5.41) is 19.8. The summed E-state index contributed by atoms with van der Waals surface area (Å²) in [6.45, 7) is 5.11. The minimum absolute atomic E-state index is 0.464. The highest BCUT2D eigenvalue weighted by molar-refractivity contribution is 5.93. The quantitative estimate of drug-likeness (QED) is 0.175. The molecule has 0 bridgehead atoms. The lowest BCUT2D eigenvalue weighted by atomic mass is 9.67. The van der Waals surface area contributed by atoms with Crippen molar-refractivity contribution in [1.82, 2.24) is 0 Å². The Morgan fingerprint density at radius 3 is 0.816 bits per heavy atom. The number of hydrogen-bond donors (Lipinski definition) is 2. The minimum atomic E-state index is -6.18. The van der Waals surface area contributed by atoms with E-state index >= 15 is 0 Å². The van der Waals surface area contributed by atoms with Crippen LogP contribution in [-0.2, 0) is 0 Å².